The number of benzene rings is 2. The zero-order chi connectivity index (χ0) is 18.5. The molecule has 26 heavy (non-hydrogen) atoms. The molecule has 5 nitrogen and oxygen atoms in total. The van der Waals surface area contributed by atoms with Gasteiger partial charge in [0.1, 0.15) is 0 Å². The van der Waals surface area contributed by atoms with Gasteiger partial charge >= 0.3 is 0 Å². The van der Waals surface area contributed by atoms with E-state index in [2.05, 4.69) is 6.07 Å². The number of ether oxygens (including phenoxy) is 2. The van der Waals surface area contributed by atoms with E-state index in [4.69, 9.17) is 14.7 Å². The highest BCUT2D eigenvalue weighted by Gasteiger charge is 2.24. The third-order valence-electron chi connectivity index (χ3n) is 4.43. The molecule has 0 aliphatic carbocycles. The van der Waals surface area contributed by atoms with E-state index < -0.39 is 0 Å². The lowest BCUT2D eigenvalue weighted by Crippen LogP contribution is -2.36. The standard InChI is InChI=1S/C21H22N2O3/c1-3-25-19-11-17-9-10-23(14-18(17)12-20(19)26-4-2)21(24)16-7-5-15(13-22)6-8-16/h5-8,11-12H,3-4,9-10,14H2,1-2H3. The van der Waals surface area contributed by atoms with Crippen molar-refractivity contribution in [2.45, 2.75) is 26.8 Å². The van der Waals surface area contributed by atoms with Crippen LogP contribution in [0, 0.1) is 11.3 Å². The van der Waals surface area contributed by atoms with Crippen molar-refractivity contribution in [1.82, 2.24) is 4.90 Å². The summed E-state index contributed by atoms with van der Waals surface area (Å²) in [5, 5.41) is 8.89. The summed E-state index contributed by atoms with van der Waals surface area (Å²) in [5.41, 5.74) is 3.43. The van der Waals surface area contributed by atoms with Crippen LogP contribution in [0.5, 0.6) is 11.5 Å². The molecule has 0 saturated carbocycles. The average molecular weight is 350 g/mol. The van der Waals surface area contributed by atoms with Gasteiger partial charge in [-0.05, 0) is 67.8 Å². The van der Waals surface area contributed by atoms with E-state index in [0.717, 1.165) is 23.5 Å². The van der Waals surface area contributed by atoms with Crippen molar-refractivity contribution in [3.63, 3.8) is 0 Å². The Morgan fingerprint density at radius 3 is 2.27 bits per heavy atom. The molecule has 0 unspecified atom stereocenters. The van der Waals surface area contributed by atoms with Crippen LogP contribution < -0.4 is 9.47 Å². The van der Waals surface area contributed by atoms with Crippen LogP contribution in [-0.2, 0) is 13.0 Å². The van der Waals surface area contributed by atoms with Crippen LogP contribution in [0.1, 0.15) is 40.9 Å². The predicted molar refractivity (Wildman–Crippen MR) is 98.4 cm³/mol. The molecule has 3 rings (SSSR count). The first-order valence-corrected chi connectivity index (χ1v) is 8.87. The molecule has 0 aromatic heterocycles. The van der Waals surface area contributed by atoms with Gasteiger partial charge in [-0.2, -0.15) is 5.26 Å². The minimum atomic E-state index is -0.0213. The largest absolute Gasteiger partial charge is 0.490 e. The van der Waals surface area contributed by atoms with E-state index in [1.54, 1.807) is 24.3 Å². The first-order valence-electron chi connectivity index (χ1n) is 8.87. The molecule has 0 saturated heterocycles. The SMILES string of the molecule is CCOc1cc2c(cc1OCC)CN(C(=O)c1ccc(C#N)cc1)CC2. The lowest BCUT2D eigenvalue weighted by Gasteiger charge is -2.30. The van der Waals surface area contributed by atoms with Gasteiger partial charge in [-0.25, -0.2) is 0 Å². The van der Waals surface area contributed by atoms with Gasteiger partial charge in [0, 0.05) is 18.7 Å². The quantitative estimate of drug-likeness (QED) is 0.827. The van der Waals surface area contributed by atoms with Crippen molar-refractivity contribution in [2.24, 2.45) is 0 Å². The maximum atomic E-state index is 12.8. The molecule has 2 aromatic carbocycles. The molecule has 2 aromatic rings. The Hall–Kier alpha value is -3.00. The molecule has 1 aliphatic heterocycles. The molecule has 1 heterocycles. The van der Waals surface area contributed by atoms with Crippen molar-refractivity contribution in [3.8, 4) is 17.6 Å². The highest BCUT2D eigenvalue weighted by atomic mass is 16.5. The Kier molecular flexibility index (Phi) is 5.43. The second-order valence-electron chi connectivity index (χ2n) is 6.10. The summed E-state index contributed by atoms with van der Waals surface area (Å²) < 4.78 is 11.4. The summed E-state index contributed by atoms with van der Waals surface area (Å²) in [6.45, 7) is 6.24. The zero-order valence-electron chi connectivity index (χ0n) is 15.1. The fraction of sp³-hybridized carbons (Fsp3) is 0.333. The second kappa shape index (κ2) is 7.92. The van der Waals surface area contributed by atoms with E-state index in [1.165, 1.54) is 5.56 Å². The van der Waals surface area contributed by atoms with Crippen LogP contribution >= 0.6 is 0 Å². The lowest BCUT2D eigenvalue weighted by molar-refractivity contribution is 0.0734. The first-order chi connectivity index (χ1) is 12.7. The molecular weight excluding hydrogens is 328 g/mol. The Bertz CT molecular complexity index is 838. The number of hydrogen-bond acceptors (Lipinski definition) is 4. The van der Waals surface area contributed by atoms with Gasteiger partial charge in [-0.1, -0.05) is 0 Å². The minimum absolute atomic E-state index is 0.0213. The highest BCUT2D eigenvalue weighted by molar-refractivity contribution is 5.94. The summed E-state index contributed by atoms with van der Waals surface area (Å²) in [4.78, 5) is 14.6. The fourth-order valence-electron chi connectivity index (χ4n) is 3.14. The van der Waals surface area contributed by atoms with Crippen molar-refractivity contribution >= 4 is 5.91 Å². The summed E-state index contributed by atoms with van der Waals surface area (Å²) in [5.74, 6) is 1.47. The smallest absolute Gasteiger partial charge is 0.254 e. The molecule has 1 aliphatic rings. The maximum Gasteiger partial charge on any atom is 0.254 e. The third kappa shape index (κ3) is 3.65. The van der Waals surface area contributed by atoms with Crippen LogP contribution in [0.2, 0.25) is 0 Å². The molecule has 5 heteroatoms. The Labute approximate surface area is 153 Å². The number of hydrogen-bond donors (Lipinski definition) is 0. The number of fused-ring (bicyclic) bond motifs is 1. The predicted octanol–water partition coefficient (Wildman–Crippen LogP) is 3.55. The lowest BCUT2D eigenvalue weighted by atomic mass is 9.98. The number of carbonyl (C=O) groups is 1. The number of amides is 1. The van der Waals surface area contributed by atoms with Crippen LogP contribution in [0.3, 0.4) is 0 Å². The van der Waals surface area contributed by atoms with E-state index in [-0.39, 0.29) is 5.91 Å². The number of nitriles is 1. The molecule has 0 fully saturated rings. The van der Waals surface area contributed by atoms with E-state index in [1.807, 2.05) is 30.9 Å². The summed E-state index contributed by atoms with van der Waals surface area (Å²) >= 11 is 0. The topological polar surface area (TPSA) is 62.6 Å². The molecule has 1 amide bonds. The molecule has 0 atom stereocenters. The van der Waals surface area contributed by atoms with Crippen molar-refractivity contribution < 1.29 is 14.3 Å². The fourth-order valence-corrected chi connectivity index (χ4v) is 3.14. The van der Waals surface area contributed by atoms with Gasteiger partial charge < -0.3 is 14.4 Å². The van der Waals surface area contributed by atoms with Crippen molar-refractivity contribution in [1.29, 1.82) is 5.26 Å². The van der Waals surface area contributed by atoms with E-state index >= 15 is 0 Å². The van der Waals surface area contributed by atoms with Gasteiger partial charge in [0.25, 0.3) is 5.91 Å². The second-order valence-corrected chi connectivity index (χ2v) is 6.10. The number of nitrogens with zero attached hydrogens (tertiary/aromatic N) is 2. The number of rotatable bonds is 5. The monoisotopic (exact) mass is 350 g/mol. The highest BCUT2D eigenvalue weighted by Crippen LogP contribution is 2.34. The molecule has 0 radical (unpaired) electrons. The average Bonchev–Trinajstić information content (AvgIpc) is 2.68. The van der Waals surface area contributed by atoms with Crippen LogP contribution in [0.25, 0.3) is 0 Å². The van der Waals surface area contributed by atoms with Gasteiger partial charge in [0.05, 0.1) is 24.8 Å². The number of carbonyl (C=O) groups excluding carboxylic acids is 1. The Morgan fingerprint density at radius 1 is 1.08 bits per heavy atom. The summed E-state index contributed by atoms with van der Waals surface area (Å²) in [7, 11) is 0. The van der Waals surface area contributed by atoms with Gasteiger partial charge in [-0.3, -0.25) is 4.79 Å². The van der Waals surface area contributed by atoms with Gasteiger partial charge in [0.15, 0.2) is 11.5 Å². The maximum absolute atomic E-state index is 12.8. The first kappa shape index (κ1) is 17.8. The molecule has 134 valence electrons. The minimum Gasteiger partial charge on any atom is -0.490 e. The Balaban J connectivity index is 1.82. The van der Waals surface area contributed by atoms with Crippen LogP contribution in [-0.4, -0.2) is 30.6 Å². The van der Waals surface area contributed by atoms with Crippen LogP contribution in [0.15, 0.2) is 36.4 Å². The molecule has 0 N–H and O–H groups in total. The zero-order valence-corrected chi connectivity index (χ0v) is 15.1. The van der Waals surface area contributed by atoms with Crippen molar-refractivity contribution in [3.05, 3.63) is 58.7 Å². The Morgan fingerprint density at radius 2 is 1.69 bits per heavy atom. The van der Waals surface area contributed by atoms with Crippen molar-refractivity contribution in [2.75, 3.05) is 19.8 Å². The summed E-state index contributed by atoms with van der Waals surface area (Å²) in [6, 6.07) is 12.9. The van der Waals surface area contributed by atoms with E-state index in [9.17, 15) is 4.79 Å². The van der Waals surface area contributed by atoms with Gasteiger partial charge in [-0.15, -0.1) is 0 Å². The molecule has 0 bridgehead atoms. The molecular formula is C21H22N2O3. The third-order valence-corrected chi connectivity index (χ3v) is 4.43. The molecule has 0 spiro atoms. The van der Waals surface area contributed by atoms with E-state index in [0.29, 0.717) is 37.4 Å². The normalized spacial score (nSPS) is 12.9. The summed E-state index contributed by atoms with van der Waals surface area (Å²) in [6.07, 6.45) is 0.782. The van der Waals surface area contributed by atoms with Crippen LogP contribution in [0.4, 0.5) is 0 Å². The van der Waals surface area contributed by atoms with Gasteiger partial charge in [0.2, 0.25) is 0 Å².